The predicted molar refractivity (Wildman–Crippen MR) is 82.7 cm³/mol. The minimum absolute atomic E-state index is 0.117. The molecule has 19 heavy (non-hydrogen) atoms. The van der Waals surface area contributed by atoms with Crippen molar-refractivity contribution in [3.8, 4) is 0 Å². The average molecular weight is 281 g/mol. The molecular weight excluding hydrogens is 256 g/mol. The number of hydrogen-bond acceptors (Lipinski definition) is 1. The highest BCUT2D eigenvalue weighted by atomic mass is 32.2. The van der Waals surface area contributed by atoms with Gasteiger partial charge in [-0.05, 0) is 25.0 Å². The van der Waals surface area contributed by atoms with Gasteiger partial charge in [0.05, 0.1) is 6.42 Å². The Morgan fingerprint density at radius 1 is 1.32 bits per heavy atom. The lowest BCUT2D eigenvalue weighted by Crippen LogP contribution is -2.29. The monoisotopic (exact) mass is 281 g/mol. The Balaban J connectivity index is 2.80. The molecule has 0 radical (unpaired) electrons. The topological polar surface area (TPSA) is 37.3 Å². The molecule has 3 atom stereocenters. The fraction of sp³-hybridized carbons (Fsp3) is 0.562. The summed E-state index contributed by atoms with van der Waals surface area (Å²) in [5.74, 6) is -0.448. The number of rotatable bonds is 8. The number of unbranched alkanes of at least 4 members (excludes halogenated alkanes) is 1. The van der Waals surface area contributed by atoms with Crippen molar-refractivity contribution in [3.63, 3.8) is 0 Å². The quantitative estimate of drug-likeness (QED) is 0.732. The van der Waals surface area contributed by atoms with Crippen LogP contribution >= 0.6 is 0 Å². The van der Waals surface area contributed by atoms with Gasteiger partial charge in [0, 0.05) is 16.8 Å². The second kappa shape index (κ2) is 8.26. The fourth-order valence-electron chi connectivity index (χ4n) is 2.43. The number of benzene rings is 1. The van der Waals surface area contributed by atoms with Gasteiger partial charge in [0.15, 0.2) is 4.90 Å². The first-order chi connectivity index (χ1) is 9.06. The summed E-state index contributed by atoms with van der Waals surface area (Å²) in [5.41, 5.74) is 0. The Labute approximate surface area is 119 Å². The largest absolute Gasteiger partial charge is 0.481 e. The smallest absolute Gasteiger partial charge is 0.303 e. The van der Waals surface area contributed by atoms with Gasteiger partial charge in [-0.3, -0.25) is 4.79 Å². The van der Waals surface area contributed by atoms with Gasteiger partial charge in [-0.25, -0.2) is 0 Å². The van der Waals surface area contributed by atoms with Gasteiger partial charge in [-0.2, -0.15) is 0 Å². The summed E-state index contributed by atoms with van der Waals surface area (Å²) >= 11 is 0. The lowest BCUT2D eigenvalue weighted by molar-refractivity contribution is -0.137. The van der Waals surface area contributed by atoms with Crippen LogP contribution in [0.3, 0.4) is 0 Å². The molecule has 0 saturated heterocycles. The van der Waals surface area contributed by atoms with Gasteiger partial charge < -0.3 is 5.11 Å². The van der Waals surface area contributed by atoms with Gasteiger partial charge in [0.25, 0.3) is 0 Å². The van der Waals surface area contributed by atoms with Crippen LogP contribution in [0, 0.1) is 5.92 Å². The maximum absolute atomic E-state index is 11.0. The summed E-state index contributed by atoms with van der Waals surface area (Å²) in [6.45, 7) is 4.27. The molecule has 1 unspecified atom stereocenters. The maximum Gasteiger partial charge on any atom is 0.303 e. The number of carbonyl (C=O) groups is 1. The molecule has 106 valence electrons. The van der Waals surface area contributed by atoms with Crippen molar-refractivity contribution >= 4 is 16.9 Å². The zero-order chi connectivity index (χ0) is 14.3. The molecule has 2 nitrogen and oxygen atoms in total. The summed E-state index contributed by atoms with van der Waals surface area (Å²) < 4.78 is 0. The highest BCUT2D eigenvalue weighted by Crippen LogP contribution is 2.27. The highest BCUT2D eigenvalue weighted by molar-refractivity contribution is 7.96. The molecule has 0 bridgehead atoms. The zero-order valence-electron chi connectivity index (χ0n) is 12.1. The Kier molecular flexibility index (Phi) is 7.00. The van der Waals surface area contributed by atoms with E-state index in [2.05, 4.69) is 44.4 Å². The molecule has 1 aromatic rings. The van der Waals surface area contributed by atoms with Crippen LogP contribution in [0.2, 0.25) is 0 Å². The molecule has 0 aromatic heterocycles. The van der Waals surface area contributed by atoms with Crippen molar-refractivity contribution in [2.75, 3.05) is 6.26 Å². The molecule has 1 rings (SSSR count). The van der Waals surface area contributed by atoms with E-state index in [1.165, 1.54) is 17.7 Å². The molecule has 0 aliphatic carbocycles. The van der Waals surface area contributed by atoms with Crippen LogP contribution in [0.4, 0.5) is 0 Å². The summed E-state index contributed by atoms with van der Waals surface area (Å²) in [6.07, 6.45) is 6.01. The first-order valence-electron chi connectivity index (χ1n) is 6.97. The van der Waals surface area contributed by atoms with Gasteiger partial charge >= 0.3 is 5.97 Å². The first-order valence-corrected chi connectivity index (χ1v) is 8.67. The SMILES string of the molecule is CCCC[C@@H]([C@@H](C)CC(=O)O)[S+](C)c1ccccc1. The van der Waals surface area contributed by atoms with Crippen LogP contribution in [-0.2, 0) is 15.7 Å². The van der Waals surface area contributed by atoms with Crippen molar-refractivity contribution in [3.05, 3.63) is 30.3 Å². The number of carboxylic acid groups (broad SMARTS) is 1. The third-order valence-electron chi connectivity index (χ3n) is 3.54. The van der Waals surface area contributed by atoms with E-state index in [0.717, 1.165) is 6.42 Å². The second-order valence-corrected chi connectivity index (χ2v) is 7.32. The molecule has 0 amide bonds. The van der Waals surface area contributed by atoms with E-state index in [0.29, 0.717) is 5.25 Å². The van der Waals surface area contributed by atoms with Gasteiger partial charge in [0.1, 0.15) is 11.5 Å². The zero-order valence-corrected chi connectivity index (χ0v) is 13.0. The maximum atomic E-state index is 11.0. The van der Waals surface area contributed by atoms with E-state index in [-0.39, 0.29) is 23.2 Å². The second-order valence-electron chi connectivity index (χ2n) is 5.13. The van der Waals surface area contributed by atoms with Crippen LogP contribution < -0.4 is 0 Å². The van der Waals surface area contributed by atoms with E-state index in [1.807, 2.05) is 6.07 Å². The van der Waals surface area contributed by atoms with Gasteiger partial charge in [-0.1, -0.05) is 38.5 Å². The van der Waals surface area contributed by atoms with Gasteiger partial charge in [0.2, 0.25) is 0 Å². The summed E-state index contributed by atoms with van der Waals surface area (Å²) in [5, 5.41) is 9.48. The van der Waals surface area contributed by atoms with E-state index in [9.17, 15) is 4.79 Å². The van der Waals surface area contributed by atoms with Crippen molar-refractivity contribution in [2.45, 2.75) is 49.7 Å². The van der Waals surface area contributed by atoms with Crippen molar-refractivity contribution in [1.82, 2.24) is 0 Å². The van der Waals surface area contributed by atoms with E-state index in [4.69, 9.17) is 5.11 Å². The molecule has 1 N–H and O–H groups in total. The highest BCUT2D eigenvalue weighted by Gasteiger charge is 2.33. The average Bonchev–Trinajstić information content (AvgIpc) is 2.39. The summed E-state index contributed by atoms with van der Waals surface area (Å²) in [6, 6.07) is 10.5. The van der Waals surface area contributed by atoms with Crippen LogP contribution in [0.15, 0.2) is 35.2 Å². The molecule has 1 aromatic carbocycles. The number of aliphatic carboxylic acids is 1. The Morgan fingerprint density at radius 3 is 2.47 bits per heavy atom. The summed E-state index contributed by atoms with van der Waals surface area (Å²) in [7, 11) is 0.117. The van der Waals surface area contributed by atoms with Crippen LogP contribution in [0.25, 0.3) is 0 Å². The van der Waals surface area contributed by atoms with Crippen molar-refractivity contribution in [2.24, 2.45) is 5.92 Å². The molecule has 3 heteroatoms. The number of hydrogen-bond donors (Lipinski definition) is 1. The van der Waals surface area contributed by atoms with E-state index < -0.39 is 5.97 Å². The predicted octanol–water partition coefficient (Wildman–Crippen LogP) is 3.96. The molecule has 0 spiro atoms. The van der Waals surface area contributed by atoms with Gasteiger partial charge in [-0.15, -0.1) is 0 Å². The third kappa shape index (κ3) is 5.27. The first kappa shape index (κ1) is 16.1. The minimum Gasteiger partial charge on any atom is -0.481 e. The number of carboxylic acids is 1. The molecule has 0 heterocycles. The van der Waals surface area contributed by atoms with E-state index in [1.54, 1.807) is 0 Å². The molecule has 0 saturated carbocycles. The lowest BCUT2D eigenvalue weighted by Gasteiger charge is -2.21. The fourth-order valence-corrected chi connectivity index (χ4v) is 4.68. The Morgan fingerprint density at radius 2 is 1.95 bits per heavy atom. The van der Waals surface area contributed by atoms with Crippen molar-refractivity contribution < 1.29 is 9.90 Å². The molecule has 0 aliphatic rings. The standard InChI is InChI=1S/C16H24O2S/c1-4-5-11-15(13(2)12-16(17)18)19(3)14-9-7-6-8-10-14/h6-10,13,15H,4-5,11-12H2,1-3H3/p+1/t13-,15-,19?/m0/s1. The van der Waals surface area contributed by atoms with Crippen molar-refractivity contribution in [1.29, 1.82) is 0 Å². The van der Waals surface area contributed by atoms with Crippen LogP contribution in [0.5, 0.6) is 0 Å². The minimum atomic E-state index is -0.681. The Bertz CT molecular complexity index is 378. The summed E-state index contributed by atoms with van der Waals surface area (Å²) in [4.78, 5) is 12.3. The van der Waals surface area contributed by atoms with Crippen LogP contribution in [-0.4, -0.2) is 22.6 Å². The normalized spacial score (nSPS) is 15.7. The third-order valence-corrected chi connectivity index (χ3v) is 6.17. The molecule has 0 fully saturated rings. The molecule has 0 aliphatic heterocycles. The lowest BCUT2D eigenvalue weighted by atomic mass is 9.99. The van der Waals surface area contributed by atoms with Crippen LogP contribution in [0.1, 0.15) is 39.5 Å². The Hall–Kier alpha value is -0.960. The van der Waals surface area contributed by atoms with E-state index >= 15 is 0 Å². The molecular formula is C16H25O2S+.